The maximum atomic E-state index is 12.6. The molecule has 0 aromatic heterocycles. The molecular formula is C18H18N2O3. The summed E-state index contributed by atoms with van der Waals surface area (Å²) in [6.45, 7) is 8.24. The van der Waals surface area contributed by atoms with E-state index in [1.54, 1.807) is 6.07 Å². The van der Waals surface area contributed by atoms with Crippen LogP contribution in [0.1, 0.15) is 30.4 Å². The summed E-state index contributed by atoms with van der Waals surface area (Å²) in [4.78, 5) is 18.4. The molecule has 5 heteroatoms. The second kappa shape index (κ2) is 3.95. The lowest BCUT2D eigenvalue weighted by atomic mass is 9.49. The van der Waals surface area contributed by atoms with E-state index in [9.17, 15) is 9.90 Å². The Balaban J connectivity index is 1.88. The summed E-state index contributed by atoms with van der Waals surface area (Å²) < 4.78 is 6.07. The third-order valence-electron chi connectivity index (χ3n) is 6.65. The van der Waals surface area contributed by atoms with Crippen molar-refractivity contribution in [1.29, 1.82) is 0 Å². The SMILES string of the molecule is [C-]#[N+]c1ccc2c3c1OC1C(=O)CCC4(O)[C@@H](C2)N(C)CC[C@]314. The van der Waals surface area contributed by atoms with Gasteiger partial charge in [-0.3, -0.25) is 4.79 Å². The van der Waals surface area contributed by atoms with Gasteiger partial charge in [0.15, 0.2) is 11.9 Å². The zero-order chi connectivity index (χ0) is 16.0. The lowest BCUT2D eigenvalue weighted by Crippen LogP contribution is -2.76. The Bertz CT molecular complexity index is 798. The summed E-state index contributed by atoms with van der Waals surface area (Å²) in [6, 6.07) is 3.79. The Kier molecular flexibility index (Phi) is 2.32. The average molecular weight is 310 g/mol. The molecule has 2 aliphatic heterocycles. The zero-order valence-electron chi connectivity index (χ0n) is 13.0. The van der Waals surface area contributed by atoms with Gasteiger partial charge in [-0.05, 0) is 44.0 Å². The van der Waals surface area contributed by atoms with Gasteiger partial charge in [0.1, 0.15) is 5.75 Å². The van der Waals surface area contributed by atoms with Gasteiger partial charge in [-0.2, -0.15) is 0 Å². The highest BCUT2D eigenvalue weighted by molar-refractivity contribution is 5.90. The van der Waals surface area contributed by atoms with E-state index in [1.807, 2.05) is 6.07 Å². The summed E-state index contributed by atoms with van der Waals surface area (Å²) in [5.74, 6) is 0.622. The number of rotatable bonds is 0. The Morgan fingerprint density at radius 1 is 1.43 bits per heavy atom. The number of ketones is 1. The second-order valence-electron chi connectivity index (χ2n) is 7.37. The van der Waals surface area contributed by atoms with Crippen LogP contribution in [0, 0.1) is 6.57 Å². The van der Waals surface area contributed by atoms with Crippen molar-refractivity contribution in [3.8, 4) is 5.75 Å². The summed E-state index contributed by atoms with van der Waals surface area (Å²) in [6.07, 6.45) is 1.66. The van der Waals surface area contributed by atoms with Gasteiger partial charge in [0.2, 0.25) is 5.69 Å². The number of hydrogen-bond donors (Lipinski definition) is 1. The van der Waals surface area contributed by atoms with Crippen LogP contribution in [0.2, 0.25) is 0 Å². The van der Waals surface area contributed by atoms with Gasteiger partial charge in [-0.1, -0.05) is 12.1 Å². The molecule has 2 aliphatic carbocycles. The van der Waals surface area contributed by atoms with E-state index < -0.39 is 17.1 Å². The third kappa shape index (κ3) is 1.27. The van der Waals surface area contributed by atoms with Crippen molar-refractivity contribution < 1.29 is 14.6 Å². The monoisotopic (exact) mass is 310 g/mol. The van der Waals surface area contributed by atoms with Gasteiger partial charge in [0.25, 0.3) is 0 Å². The quantitative estimate of drug-likeness (QED) is 0.740. The summed E-state index contributed by atoms with van der Waals surface area (Å²) in [5.41, 5.74) is 0.933. The molecule has 118 valence electrons. The largest absolute Gasteiger partial charge is 0.492 e. The molecule has 23 heavy (non-hydrogen) atoms. The fourth-order valence-electron chi connectivity index (χ4n) is 5.62. The van der Waals surface area contributed by atoms with E-state index in [0.29, 0.717) is 30.7 Å². The molecule has 2 unspecified atom stereocenters. The number of carbonyl (C=O) groups excluding carboxylic acids is 1. The Morgan fingerprint density at radius 3 is 3.04 bits per heavy atom. The Labute approximate surface area is 134 Å². The van der Waals surface area contributed by atoms with Gasteiger partial charge >= 0.3 is 0 Å². The molecule has 2 fully saturated rings. The van der Waals surface area contributed by atoms with Gasteiger partial charge < -0.3 is 14.7 Å². The molecule has 5 rings (SSSR count). The van der Waals surface area contributed by atoms with Crippen LogP contribution in [0.15, 0.2) is 12.1 Å². The van der Waals surface area contributed by atoms with E-state index in [2.05, 4.69) is 16.8 Å². The van der Waals surface area contributed by atoms with Crippen molar-refractivity contribution in [3.63, 3.8) is 0 Å². The van der Waals surface area contributed by atoms with Crippen molar-refractivity contribution in [3.05, 3.63) is 34.7 Å². The van der Waals surface area contributed by atoms with E-state index in [-0.39, 0.29) is 11.8 Å². The molecule has 2 bridgehead atoms. The maximum absolute atomic E-state index is 12.6. The van der Waals surface area contributed by atoms with Crippen molar-refractivity contribution in [1.82, 2.24) is 4.90 Å². The number of ether oxygens (including phenoxy) is 1. The standard InChI is InChI=1S/C18H18N2O3/c1-19-11-4-3-10-9-13-18(22)6-5-12(21)16-17(18,7-8-20(13)2)14(10)15(11)23-16/h3-4,13,16,22H,5-9H2,2H3/t13-,16?,17+,18?/m1/s1. The molecule has 0 radical (unpaired) electrons. The van der Waals surface area contributed by atoms with Crippen LogP contribution in [-0.4, -0.2) is 47.1 Å². The van der Waals surface area contributed by atoms with Crippen LogP contribution in [0.25, 0.3) is 4.85 Å². The molecule has 1 aromatic rings. The molecular weight excluding hydrogens is 292 g/mol. The normalized spacial score (nSPS) is 40.3. The number of hydrogen-bond acceptors (Lipinski definition) is 4. The average Bonchev–Trinajstić information content (AvgIpc) is 2.90. The highest BCUT2D eigenvalue weighted by Gasteiger charge is 2.72. The second-order valence-corrected chi connectivity index (χ2v) is 7.37. The van der Waals surface area contributed by atoms with Gasteiger partial charge in [-0.15, -0.1) is 0 Å². The summed E-state index contributed by atoms with van der Waals surface area (Å²) >= 11 is 0. The van der Waals surface area contributed by atoms with Gasteiger partial charge in [0.05, 0.1) is 17.6 Å². The number of likely N-dealkylation sites (N-methyl/N-ethyl adjacent to an activating group) is 1. The van der Waals surface area contributed by atoms with Crippen molar-refractivity contribution >= 4 is 11.5 Å². The highest BCUT2D eigenvalue weighted by Crippen LogP contribution is 2.64. The van der Waals surface area contributed by atoms with Crippen LogP contribution < -0.4 is 4.74 Å². The number of nitrogens with zero attached hydrogens (tertiary/aromatic N) is 2. The predicted octanol–water partition coefficient (Wildman–Crippen LogP) is 1.59. The lowest BCUT2D eigenvalue weighted by Gasteiger charge is -2.62. The highest BCUT2D eigenvalue weighted by atomic mass is 16.5. The predicted molar refractivity (Wildman–Crippen MR) is 82.7 cm³/mol. The fourth-order valence-corrected chi connectivity index (χ4v) is 5.62. The van der Waals surface area contributed by atoms with Gasteiger partial charge in [-0.25, -0.2) is 4.85 Å². The first kappa shape index (κ1) is 13.5. The smallest absolute Gasteiger partial charge is 0.228 e. The van der Waals surface area contributed by atoms with E-state index >= 15 is 0 Å². The fraction of sp³-hybridized carbons (Fsp3) is 0.556. The molecule has 0 amide bonds. The van der Waals surface area contributed by atoms with Crippen LogP contribution in [0.4, 0.5) is 5.69 Å². The number of piperidine rings is 1. The van der Waals surface area contributed by atoms with E-state index in [0.717, 1.165) is 24.1 Å². The lowest BCUT2D eigenvalue weighted by molar-refractivity contribution is -0.185. The van der Waals surface area contributed by atoms with Crippen molar-refractivity contribution in [2.75, 3.05) is 13.6 Å². The van der Waals surface area contributed by atoms with Crippen LogP contribution >= 0.6 is 0 Å². The molecule has 1 saturated heterocycles. The van der Waals surface area contributed by atoms with E-state index in [1.165, 1.54) is 0 Å². The number of Topliss-reactive ketones (excluding diaryl/α,β-unsaturated/α-hetero) is 1. The first-order valence-corrected chi connectivity index (χ1v) is 8.19. The van der Waals surface area contributed by atoms with Crippen LogP contribution in [-0.2, 0) is 16.6 Å². The van der Waals surface area contributed by atoms with Crippen LogP contribution in [0.5, 0.6) is 5.75 Å². The third-order valence-corrected chi connectivity index (χ3v) is 6.65. The molecule has 1 saturated carbocycles. The van der Waals surface area contributed by atoms with E-state index in [4.69, 9.17) is 11.3 Å². The minimum Gasteiger partial charge on any atom is -0.492 e. The number of aliphatic hydroxyl groups is 1. The minimum atomic E-state index is -0.947. The minimum absolute atomic E-state index is 0.00712. The molecule has 5 nitrogen and oxygen atoms in total. The first-order valence-electron chi connectivity index (χ1n) is 8.19. The molecule has 4 atom stereocenters. The molecule has 1 aromatic carbocycles. The number of likely N-dealkylation sites (tertiary alicyclic amines) is 1. The first-order chi connectivity index (χ1) is 11.0. The van der Waals surface area contributed by atoms with Crippen molar-refractivity contribution in [2.45, 2.75) is 48.8 Å². The molecule has 2 heterocycles. The molecule has 1 N–H and O–H groups in total. The Hall–Kier alpha value is -1.90. The van der Waals surface area contributed by atoms with Crippen molar-refractivity contribution in [2.24, 2.45) is 0 Å². The van der Waals surface area contributed by atoms with Gasteiger partial charge in [0, 0.05) is 12.5 Å². The Morgan fingerprint density at radius 2 is 2.26 bits per heavy atom. The maximum Gasteiger partial charge on any atom is 0.228 e. The zero-order valence-corrected chi connectivity index (χ0v) is 13.0. The topological polar surface area (TPSA) is 54.1 Å². The summed E-state index contributed by atoms with van der Waals surface area (Å²) in [7, 11) is 2.05. The van der Waals surface area contributed by atoms with Crippen LogP contribution in [0.3, 0.4) is 0 Å². The number of carbonyl (C=O) groups is 1. The molecule has 4 aliphatic rings. The number of benzene rings is 1. The summed E-state index contributed by atoms with van der Waals surface area (Å²) in [5, 5.41) is 11.7. The molecule has 1 spiro atoms.